The summed E-state index contributed by atoms with van der Waals surface area (Å²) in [7, 11) is 0. The third-order valence-electron chi connectivity index (χ3n) is 0. The van der Waals surface area contributed by atoms with Crippen molar-refractivity contribution >= 4 is 0 Å². The Labute approximate surface area is 32.9 Å². The molecular weight excluding hydrogens is 130 g/mol. The first-order chi connectivity index (χ1) is 1.73. The number of hydrogen-bond acceptors (Lipinski definition) is 1. The maximum atomic E-state index is 9.73. The fourth-order valence-corrected chi connectivity index (χ4v) is 0. The molecule has 0 aromatic heterocycles. The minimum absolute atomic E-state index is 0. The van der Waals surface area contributed by atoms with Crippen LogP contribution in [0.25, 0.3) is 0 Å². The molecule has 0 amide bonds. The van der Waals surface area contributed by atoms with Crippen molar-refractivity contribution < 1.29 is 25.7 Å². The minimum atomic E-state index is -4.10. The SMILES string of the molecule is N.[F][Co]([F])[F]. The van der Waals surface area contributed by atoms with Crippen LogP contribution in [0.5, 0.6) is 0 Å². The average Bonchev–Trinajstić information content (AvgIpc) is 0.811. The number of rotatable bonds is 0. The van der Waals surface area contributed by atoms with Gasteiger partial charge < -0.3 is 6.15 Å². The molecule has 0 fully saturated rings. The molecule has 5 heteroatoms. The van der Waals surface area contributed by atoms with Crippen molar-refractivity contribution in [2.45, 2.75) is 0 Å². The van der Waals surface area contributed by atoms with Crippen molar-refractivity contribution in [1.29, 1.82) is 0 Å². The van der Waals surface area contributed by atoms with E-state index in [9.17, 15) is 10.7 Å². The molecule has 0 radical (unpaired) electrons. The summed E-state index contributed by atoms with van der Waals surface area (Å²) in [5.41, 5.74) is 0. The molecule has 0 heterocycles. The molecule has 0 spiro atoms. The molecular formula is H3CoF3N. The Morgan fingerprint density at radius 1 is 1.00 bits per heavy atom. The molecule has 0 aliphatic carbocycles. The van der Waals surface area contributed by atoms with Gasteiger partial charge in [0, 0.05) is 0 Å². The topological polar surface area (TPSA) is 35.0 Å². The van der Waals surface area contributed by atoms with Crippen molar-refractivity contribution in [3.63, 3.8) is 0 Å². The molecule has 3 N–H and O–H groups in total. The molecule has 0 aliphatic rings. The molecule has 1 nitrogen and oxygen atoms in total. The summed E-state index contributed by atoms with van der Waals surface area (Å²) in [5.74, 6) is 0. The van der Waals surface area contributed by atoms with E-state index in [0.717, 1.165) is 0 Å². The quantitative estimate of drug-likeness (QED) is 0.532. The predicted octanol–water partition coefficient (Wildman–Crippen LogP) is 1.42. The molecule has 0 aromatic carbocycles. The van der Waals surface area contributed by atoms with E-state index in [-0.39, 0.29) is 6.15 Å². The Bertz CT molecular complexity index is 11.6. The Hall–Kier alpha value is 0.256. The van der Waals surface area contributed by atoms with Gasteiger partial charge in [-0.25, -0.2) is 0 Å². The van der Waals surface area contributed by atoms with Gasteiger partial charge in [-0.2, -0.15) is 0 Å². The second-order valence-electron chi connectivity index (χ2n) is 0.143. The first-order valence-corrected chi connectivity index (χ1v) is 1.56. The Balaban J connectivity index is 0. The van der Waals surface area contributed by atoms with Crippen molar-refractivity contribution in [2.75, 3.05) is 0 Å². The van der Waals surface area contributed by atoms with Gasteiger partial charge in [0.1, 0.15) is 0 Å². The molecule has 0 saturated heterocycles. The van der Waals surface area contributed by atoms with Crippen LogP contribution in [0.4, 0.5) is 10.7 Å². The normalized spacial score (nSPS) is 9.00. The van der Waals surface area contributed by atoms with Crippen molar-refractivity contribution in [3.8, 4) is 0 Å². The van der Waals surface area contributed by atoms with Gasteiger partial charge in [-0.15, -0.1) is 0 Å². The number of hydrogen-bond donors (Lipinski definition) is 1. The van der Waals surface area contributed by atoms with Gasteiger partial charge in [0.25, 0.3) is 0 Å². The van der Waals surface area contributed by atoms with Crippen molar-refractivity contribution in [1.82, 2.24) is 6.15 Å². The molecule has 0 aromatic rings. The van der Waals surface area contributed by atoms with Crippen LogP contribution in [0.3, 0.4) is 0 Å². The van der Waals surface area contributed by atoms with Crippen LogP contribution in [-0.4, -0.2) is 0 Å². The molecule has 5 heavy (non-hydrogen) atoms. The first-order valence-electron chi connectivity index (χ1n) is 0.378. The van der Waals surface area contributed by atoms with Gasteiger partial charge in [0.2, 0.25) is 0 Å². The van der Waals surface area contributed by atoms with Crippen LogP contribution in [0.1, 0.15) is 0 Å². The van der Waals surface area contributed by atoms with Crippen LogP contribution >= 0.6 is 0 Å². The van der Waals surface area contributed by atoms with Crippen molar-refractivity contribution in [3.05, 3.63) is 0 Å². The monoisotopic (exact) mass is 133 g/mol. The molecule has 0 rings (SSSR count). The van der Waals surface area contributed by atoms with Crippen molar-refractivity contribution in [2.24, 2.45) is 0 Å². The zero-order valence-corrected chi connectivity index (χ0v) is 3.22. The van der Waals surface area contributed by atoms with Gasteiger partial charge in [-0.05, 0) is 0 Å². The summed E-state index contributed by atoms with van der Waals surface area (Å²) in [6.07, 6.45) is 0. The maximum absolute atomic E-state index is 9.73. The molecule has 0 atom stereocenters. The standard InChI is InChI=1S/Co.3FH.H3N/h;3*1H;1H3/q+3;;;;/p-3. The Morgan fingerprint density at radius 3 is 1.00 bits per heavy atom. The van der Waals surface area contributed by atoms with Gasteiger partial charge in [0.15, 0.2) is 0 Å². The molecule has 0 unspecified atom stereocenters. The van der Waals surface area contributed by atoms with Crippen LogP contribution in [0.2, 0.25) is 0 Å². The molecule has 38 valence electrons. The summed E-state index contributed by atoms with van der Waals surface area (Å²) < 4.78 is 29.2. The van der Waals surface area contributed by atoms with Gasteiger partial charge in [0.05, 0.1) is 0 Å². The van der Waals surface area contributed by atoms with E-state index < -0.39 is 15.0 Å². The van der Waals surface area contributed by atoms with E-state index in [1.807, 2.05) is 0 Å². The second-order valence-corrected chi connectivity index (χ2v) is 0.589. The Morgan fingerprint density at radius 2 is 1.00 bits per heavy atom. The third kappa shape index (κ3) is 329. The van der Waals surface area contributed by atoms with E-state index in [1.54, 1.807) is 0 Å². The van der Waals surface area contributed by atoms with E-state index in [4.69, 9.17) is 0 Å². The van der Waals surface area contributed by atoms with Crippen LogP contribution in [-0.2, 0) is 15.0 Å². The third-order valence-corrected chi connectivity index (χ3v) is 0. The number of halogens is 3. The fraction of sp³-hybridized carbons (Fsp3) is 0. The van der Waals surface area contributed by atoms with Gasteiger partial charge >= 0.3 is 25.7 Å². The van der Waals surface area contributed by atoms with Crippen LogP contribution < -0.4 is 6.15 Å². The fourth-order valence-electron chi connectivity index (χ4n) is 0. The molecule has 0 aliphatic heterocycles. The zero-order valence-electron chi connectivity index (χ0n) is 2.17. The van der Waals surface area contributed by atoms with E-state index >= 15 is 0 Å². The summed E-state index contributed by atoms with van der Waals surface area (Å²) in [6, 6.07) is 0. The molecule has 0 bridgehead atoms. The van der Waals surface area contributed by atoms with E-state index in [0.29, 0.717) is 0 Å². The first kappa shape index (κ1) is 8.98. The summed E-state index contributed by atoms with van der Waals surface area (Å²) in [4.78, 5) is 0. The Kier molecular flexibility index (Phi) is 7.65. The summed E-state index contributed by atoms with van der Waals surface area (Å²) in [5, 5.41) is 0. The average molecular weight is 133 g/mol. The summed E-state index contributed by atoms with van der Waals surface area (Å²) >= 11 is -4.10. The summed E-state index contributed by atoms with van der Waals surface area (Å²) in [6.45, 7) is 0. The predicted molar refractivity (Wildman–Crippen MR) is 8.35 cm³/mol. The van der Waals surface area contributed by atoms with Gasteiger partial charge in [-0.1, -0.05) is 0 Å². The van der Waals surface area contributed by atoms with Crippen LogP contribution in [0, 0.1) is 0 Å². The van der Waals surface area contributed by atoms with Crippen LogP contribution in [0.15, 0.2) is 0 Å². The van der Waals surface area contributed by atoms with Gasteiger partial charge in [-0.3, -0.25) is 0 Å². The molecule has 0 saturated carbocycles. The van der Waals surface area contributed by atoms with E-state index in [2.05, 4.69) is 0 Å². The zero-order chi connectivity index (χ0) is 3.58. The van der Waals surface area contributed by atoms with E-state index in [1.165, 1.54) is 0 Å². The second kappa shape index (κ2) is 4.26.